The minimum Gasteiger partial charge on any atom is -0.330 e. The van der Waals surface area contributed by atoms with E-state index in [2.05, 4.69) is 22.9 Å². The lowest BCUT2D eigenvalue weighted by molar-refractivity contribution is 0.192. The van der Waals surface area contributed by atoms with Crippen LogP contribution in [0.15, 0.2) is 0 Å². The summed E-state index contributed by atoms with van der Waals surface area (Å²) >= 11 is 2.08. The van der Waals surface area contributed by atoms with Crippen LogP contribution in [0, 0.1) is 5.92 Å². The van der Waals surface area contributed by atoms with E-state index in [1.54, 1.807) is 0 Å². The Bertz CT molecular complexity index is 198. The Balaban J connectivity index is 1.90. The fourth-order valence-corrected chi connectivity index (χ4v) is 4.15. The van der Waals surface area contributed by atoms with E-state index in [9.17, 15) is 0 Å². The van der Waals surface area contributed by atoms with E-state index in [0.717, 1.165) is 23.8 Å². The Hall–Kier alpha value is 0.270. The molecule has 3 atom stereocenters. The number of thioether (sulfide) groups is 1. The average molecular weight is 228 g/mol. The lowest BCUT2D eigenvalue weighted by Crippen LogP contribution is -2.43. The summed E-state index contributed by atoms with van der Waals surface area (Å²) in [6.07, 6.45) is 9.33. The maximum Gasteiger partial charge on any atom is 0.0214 e. The first-order valence-electron chi connectivity index (χ1n) is 6.32. The highest BCUT2D eigenvalue weighted by atomic mass is 32.2. The van der Waals surface area contributed by atoms with Gasteiger partial charge in [-0.05, 0) is 44.5 Å². The van der Waals surface area contributed by atoms with Crippen molar-refractivity contribution in [1.29, 1.82) is 0 Å². The van der Waals surface area contributed by atoms with Crippen LogP contribution >= 0.6 is 11.8 Å². The predicted molar refractivity (Wildman–Crippen MR) is 68.3 cm³/mol. The molecule has 0 bridgehead atoms. The van der Waals surface area contributed by atoms with E-state index in [-0.39, 0.29) is 0 Å². The molecule has 3 heteroatoms. The second-order valence-electron chi connectivity index (χ2n) is 5.01. The van der Waals surface area contributed by atoms with Gasteiger partial charge in [0.25, 0.3) is 0 Å². The molecule has 1 aliphatic heterocycles. The van der Waals surface area contributed by atoms with Gasteiger partial charge in [-0.1, -0.05) is 12.8 Å². The Morgan fingerprint density at radius 2 is 2.07 bits per heavy atom. The molecule has 0 aromatic carbocycles. The zero-order chi connectivity index (χ0) is 10.7. The summed E-state index contributed by atoms with van der Waals surface area (Å²) in [5, 5.41) is 0.885. The minimum atomic E-state index is 0.773. The quantitative estimate of drug-likeness (QED) is 0.800. The van der Waals surface area contributed by atoms with Crippen molar-refractivity contribution in [1.82, 2.24) is 4.90 Å². The summed E-state index contributed by atoms with van der Waals surface area (Å²) in [6, 6.07) is 0.852. The van der Waals surface area contributed by atoms with Crippen molar-refractivity contribution in [3.8, 4) is 0 Å². The maximum atomic E-state index is 5.76. The smallest absolute Gasteiger partial charge is 0.0214 e. The van der Waals surface area contributed by atoms with Crippen LogP contribution in [0.5, 0.6) is 0 Å². The molecule has 2 rings (SSSR count). The molecule has 15 heavy (non-hydrogen) atoms. The first-order chi connectivity index (χ1) is 7.35. The van der Waals surface area contributed by atoms with Crippen LogP contribution in [-0.2, 0) is 0 Å². The number of nitrogens with zero attached hydrogens (tertiary/aromatic N) is 1. The SMILES string of the molecule is CSC1CCCCC1N1CCC(CN)C1. The molecule has 0 aromatic heterocycles. The summed E-state index contributed by atoms with van der Waals surface area (Å²) in [5.41, 5.74) is 5.76. The third-order valence-electron chi connectivity index (χ3n) is 4.09. The first kappa shape index (κ1) is 11.7. The molecule has 0 aromatic rings. The van der Waals surface area contributed by atoms with Crippen molar-refractivity contribution in [2.75, 3.05) is 25.9 Å². The number of likely N-dealkylation sites (tertiary alicyclic amines) is 1. The van der Waals surface area contributed by atoms with Crippen LogP contribution in [0.3, 0.4) is 0 Å². The molecule has 1 heterocycles. The van der Waals surface area contributed by atoms with Gasteiger partial charge in [0.1, 0.15) is 0 Å². The third kappa shape index (κ3) is 2.69. The van der Waals surface area contributed by atoms with Gasteiger partial charge in [0, 0.05) is 17.8 Å². The lowest BCUT2D eigenvalue weighted by atomic mass is 9.94. The number of nitrogens with two attached hydrogens (primary N) is 1. The minimum absolute atomic E-state index is 0.773. The van der Waals surface area contributed by atoms with Gasteiger partial charge in [0.05, 0.1) is 0 Å². The van der Waals surface area contributed by atoms with Crippen molar-refractivity contribution in [2.45, 2.75) is 43.4 Å². The van der Waals surface area contributed by atoms with E-state index in [1.165, 1.54) is 45.2 Å². The second-order valence-corrected chi connectivity index (χ2v) is 6.09. The topological polar surface area (TPSA) is 29.3 Å². The molecule has 1 saturated heterocycles. The second kappa shape index (κ2) is 5.55. The molecule has 2 aliphatic rings. The summed E-state index contributed by atoms with van der Waals surface area (Å²) in [5.74, 6) is 0.773. The standard InChI is InChI=1S/C12H24N2S/c1-15-12-5-3-2-4-11(12)14-7-6-10(8-13)9-14/h10-12H,2-9,13H2,1H3. The molecular weight excluding hydrogens is 204 g/mol. The number of hydrogen-bond donors (Lipinski definition) is 1. The van der Waals surface area contributed by atoms with Crippen LogP contribution in [-0.4, -0.2) is 42.1 Å². The van der Waals surface area contributed by atoms with E-state index >= 15 is 0 Å². The molecule has 0 radical (unpaired) electrons. The Kier molecular flexibility index (Phi) is 4.35. The van der Waals surface area contributed by atoms with Gasteiger partial charge in [-0.25, -0.2) is 0 Å². The van der Waals surface area contributed by atoms with Crippen molar-refractivity contribution >= 4 is 11.8 Å². The van der Waals surface area contributed by atoms with Gasteiger partial charge in [-0.2, -0.15) is 11.8 Å². The predicted octanol–water partition coefficient (Wildman–Crippen LogP) is 1.94. The number of hydrogen-bond acceptors (Lipinski definition) is 3. The molecule has 88 valence electrons. The molecule has 3 unspecified atom stereocenters. The monoisotopic (exact) mass is 228 g/mol. The highest BCUT2D eigenvalue weighted by molar-refractivity contribution is 7.99. The lowest BCUT2D eigenvalue weighted by Gasteiger charge is -2.37. The van der Waals surface area contributed by atoms with Gasteiger partial charge < -0.3 is 5.73 Å². The molecule has 0 amide bonds. The van der Waals surface area contributed by atoms with Crippen molar-refractivity contribution in [2.24, 2.45) is 11.7 Å². The zero-order valence-electron chi connectivity index (χ0n) is 9.82. The molecule has 0 spiro atoms. The summed E-state index contributed by atoms with van der Waals surface area (Å²) in [7, 11) is 0. The highest BCUT2D eigenvalue weighted by Crippen LogP contribution is 2.33. The van der Waals surface area contributed by atoms with Gasteiger partial charge in [-0.15, -0.1) is 0 Å². The van der Waals surface area contributed by atoms with E-state index in [0.29, 0.717) is 0 Å². The van der Waals surface area contributed by atoms with Gasteiger partial charge in [0.2, 0.25) is 0 Å². The third-order valence-corrected chi connectivity index (χ3v) is 5.25. The average Bonchev–Trinajstić information content (AvgIpc) is 2.77. The van der Waals surface area contributed by atoms with Crippen LogP contribution in [0.2, 0.25) is 0 Å². The summed E-state index contributed by atoms with van der Waals surface area (Å²) in [6.45, 7) is 3.44. The molecular formula is C12H24N2S. The Labute approximate surface area is 98.0 Å². The molecule has 1 aliphatic carbocycles. The van der Waals surface area contributed by atoms with Gasteiger partial charge in [0.15, 0.2) is 0 Å². The van der Waals surface area contributed by atoms with Crippen LogP contribution in [0.4, 0.5) is 0 Å². The Morgan fingerprint density at radius 3 is 2.73 bits per heavy atom. The molecule has 1 saturated carbocycles. The summed E-state index contributed by atoms with van der Waals surface area (Å²) in [4.78, 5) is 2.72. The van der Waals surface area contributed by atoms with Crippen LogP contribution in [0.1, 0.15) is 32.1 Å². The highest BCUT2D eigenvalue weighted by Gasteiger charge is 2.33. The van der Waals surface area contributed by atoms with Crippen molar-refractivity contribution < 1.29 is 0 Å². The fraction of sp³-hybridized carbons (Fsp3) is 1.00. The largest absolute Gasteiger partial charge is 0.330 e. The zero-order valence-corrected chi connectivity index (χ0v) is 10.6. The number of rotatable bonds is 3. The molecule has 2 nitrogen and oxygen atoms in total. The van der Waals surface area contributed by atoms with E-state index in [4.69, 9.17) is 5.73 Å². The molecule has 2 N–H and O–H groups in total. The summed E-state index contributed by atoms with van der Waals surface area (Å²) < 4.78 is 0. The first-order valence-corrected chi connectivity index (χ1v) is 7.61. The van der Waals surface area contributed by atoms with Crippen molar-refractivity contribution in [3.63, 3.8) is 0 Å². The van der Waals surface area contributed by atoms with Crippen molar-refractivity contribution in [3.05, 3.63) is 0 Å². The maximum absolute atomic E-state index is 5.76. The Morgan fingerprint density at radius 1 is 1.27 bits per heavy atom. The normalized spacial score (nSPS) is 38.4. The molecule has 2 fully saturated rings. The van der Waals surface area contributed by atoms with Crippen LogP contribution in [0.25, 0.3) is 0 Å². The van der Waals surface area contributed by atoms with E-state index in [1.807, 2.05) is 0 Å². The van der Waals surface area contributed by atoms with Crippen LogP contribution < -0.4 is 5.73 Å². The van der Waals surface area contributed by atoms with E-state index < -0.39 is 0 Å². The fourth-order valence-electron chi connectivity index (χ4n) is 3.13. The van der Waals surface area contributed by atoms with Gasteiger partial charge in [-0.3, -0.25) is 4.90 Å². The van der Waals surface area contributed by atoms with Gasteiger partial charge >= 0.3 is 0 Å².